The summed E-state index contributed by atoms with van der Waals surface area (Å²) in [7, 11) is 0. The summed E-state index contributed by atoms with van der Waals surface area (Å²) in [6.07, 6.45) is 15.5. The third kappa shape index (κ3) is 4.46. The van der Waals surface area contributed by atoms with Crippen molar-refractivity contribution in [3.05, 3.63) is 0 Å². The number of hydrogen-bond donors (Lipinski definition) is 0. The molecule has 0 N–H and O–H groups in total. The molecule has 0 unspecified atom stereocenters. The van der Waals surface area contributed by atoms with Gasteiger partial charge in [-0.2, -0.15) is 0 Å². The maximum Gasteiger partial charge on any atom is 0.111 e. The van der Waals surface area contributed by atoms with E-state index in [0.29, 0.717) is 0 Å². The predicted molar refractivity (Wildman–Crippen MR) is 85.7 cm³/mol. The average Bonchev–Trinajstić information content (AvgIpc) is 2.48. The Hall–Kier alpha value is -0.0700. The van der Waals surface area contributed by atoms with Gasteiger partial charge < -0.3 is 0 Å². The molecule has 2 rings (SSSR count). The molecule has 0 bridgehead atoms. The number of alkyl halides is 1. The largest absolute Gasteiger partial charge is 0.244 e. The maximum atomic E-state index is 14.8. The first kappa shape index (κ1) is 16.3. The molecule has 20 heavy (non-hydrogen) atoms. The zero-order valence-electron chi connectivity index (χ0n) is 13.8. The summed E-state index contributed by atoms with van der Waals surface area (Å²) in [4.78, 5) is 0. The molecule has 0 heterocycles. The molecule has 2 aliphatic carbocycles. The molecule has 1 heteroatoms. The van der Waals surface area contributed by atoms with Gasteiger partial charge in [-0.15, -0.1) is 0 Å². The Morgan fingerprint density at radius 3 is 2.00 bits per heavy atom. The van der Waals surface area contributed by atoms with Gasteiger partial charge in [0.05, 0.1) is 0 Å². The molecule has 0 aliphatic heterocycles. The molecule has 0 aromatic rings. The van der Waals surface area contributed by atoms with Crippen molar-refractivity contribution in [2.45, 2.75) is 103 Å². The Kier molecular flexibility index (Phi) is 6.36. The van der Waals surface area contributed by atoms with Crippen molar-refractivity contribution in [3.63, 3.8) is 0 Å². The van der Waals surface area contributed by atoms with Crippen LogP contribution in [0.15, 0.2) is 0 Å². The fraction of sp³-hybridized carbons (Fsp3) is 1.00. The monoisotopic (exact) mass is 282 g/mol. The van der Waals surface area contributed by atoms with Gasteiger partial charge in [0.2, 0.25) is 0 Å². The highest BCUT2D eigenvalue weighted by Crippen LogP contribution is 2.45. The lowest BCUT2D eigenvalue weighted by Crippen LogP contribution is -2.33. The molecule has 0 atom stereocenters. The minimum atomic E-state index is -0.799. The van der Waals surface area contributed by atoms with Gasteiger partial charge in [-0.1, -0.05) is 52.4 Å². The fourth-order valence-corrected chi connectivity index (χ4v) is 4.64. The van der Waals surface area contributed by atoms with Crippen LogP contribution >= 0.6 is 0 Å². The molecule has 118 valence electrons. The van der Waals surface area contributed by atoms with Gasteiger partial charge in [-0.25, -0.2) is 4.39 Å². The van der Waals surface area contributed by atoms with Gasteiger partial charge in [0, 0.05) is 0 Å². The van der Waals surface area contributed by atoms with Gasteiger partial charge in [-0.3, -0.25) is 0 Å². The second-order valence-corrected chi connectivity index (χ2v) is 7.63. The molecule has 0 radical (unpaired) electrons. The highest BCUT2D eigenvalue weighted by atomic mass is 19.1. The molecule has 0 aromatic heterocycles. The minimum Gasteiger partial charge on any atom is -0.244 e. The molecular formula is C19H35F. The Labute approximate surface area is 125 Å². The van der Waals surface area contributed by atoms with E-state index in [9.17, 15) is 4.39 Å². The van der Waals surface area contributed by atoms with E-state index in [1.807, 2.05) is 0 Å². The first-order chi connectivity index (χ1) is 9.67. The van der Waals surface area contributed by atoms with E-state index >= 15 is 0 Å². The zero-order valence-corrected chi connectivity index (χ0v) is 13.8. The number of unbranched alkanes of at least 4 members (excludes halogenated alkanes) is 2. The summed E-state index contributed by atoms with van der Waals surface area (Å²) in [6, 6.07) is 0. The van der Waals surface area contributed by atoms with Crippen LogP contribution in [0.5, 0.6) is 0 Å². The van der Waals surface area contributed by atoms with Crippen molar-refractivity contribution >= 4 is 0 Å². The van der Waals surface area contributed by atoms with Crippen LogP contribution in [0.3, 0.4) is 0 Å². The third-order valence-corrected chi connectivity index (χ3v) is 6.29. The SMILES string of the molecule is CCCCCC1(F)CCC(C2CCC(CC)CC2)CC1. The lowest BCUT2D eigenvalue weighted by atomic mass is 9.67. The van der Waals surface area contributed by atoms with Crippen LogP contribution in [0.1, 0.15) is 97.3 Å². The highest BCUT2D eigenvalue weighted by molar-refractivity contribution is 4.89. The average molecular weight is 282 g/mol. The first-order valence-electron chi connectivity index (χ1n) is 9.35. The fourth-order valence-electron chi connectivity index (χ4n) is 4.64. The Bertz CT molecular complexity index is 257. The molecule has 0 spiro atoms. The van der Waals surface area contributed by atoms with E-state index in [2.05, 4.69) is 13.8 Å². The van der Waals surface area contributed by atoms with Crippen molar-refractivity contribution < 1.29 is 4.39 Å². The molecular weight excluding hydrogens is 247 g/mol. The van der Waals surface area contributed by atoms with Gasteiger partial charge in [0.25, 0.3) is 0 Å². The normalized spacial score (nSPS) is 38.9. The van der Waals surface area contributed by atoms with Crippen LogP contribution in [-0.2, 0) is 0 Å². The lowest BCUT2D eigenvalue weighted by molar-refractivity contribution is 0.0459. The van der Waals surface area contributed by atoms with Gasteiger partial charge >= 0.3 is 0 Å². The standard InChI is InChI=1S/C19H35F/c1-3-5-6-13-19(20)14-11-18(12-15-19)17-9-7-16(4-2)8-10-17/h16-18H,3-15H2,1-2H3. The van der Waals surface area contributed by atoms with Crippen LogP contribution in [0.4, 0.5) is 4.39 Å². The Morgan fingerprint density at radius 1 is 0.850 bits per heavy atom. The second-order valence-electron chi connectivity index (χ2n) is 7.63. The molecule has 0 nitrogen and oxygen atoms in total. The van der Waals surface area contributed by atoms with Crippen molar-refractivity contribution in [2.75, 3.05) is 0 Å². The summed E-state index contributed by atoms with van der Waals surface area (Å²) in [5.74, 6) is 2.77. The van der Waals surface area contributed by atoms with Crippen LogP contribution < -0.4 is 0 Å². The summed E-state index contributed by atoms with van der Waals surface area (Å²) < 4.78 is 14.8. The van der Waals surface area contributed by atoms with Crippen LogP contribution in [-0.4, -0.2) is 5.67 Å². The van der Waals surface area contributed by atoms with E-state index in [0.717, 1.165) is 43.4 Å². The van der Waals surface area contributed by atoms with E-state index < -0.39 is 5.67 Å². The molecule has 0 amide bonds. The van der Waals surface area contributed by atoms with Crippen LogP contribution in [0.25, 0.3) is 0 Å². The zero-order chi connectivity index (χ0) is 14.4. The first-order valence-corrected chi connectivity index (χ1v) is 9.35. The van der Waals surface area contributed by atoms with Crippen molar-refractivity contribution in [2.24, 2.45) is 17.8 Å². The topological polar surface area (TPSA) is 0 Å². The summed E-state index contributed by atoms with van der Waals surface area (Å²) in [5.41, 5.74) is -0.799. The molecule has 2 fully saturated rings. The summed E-state index contributed by atoms with van der Waals surface area (Å²) in [6.45, 7) is 4.54. The van der Waals surface area contributed by atoms with Crippen molar-refractivity contribution in [1.29, 1.82) is 0 Å². The van der Waals surface area contributed by atoms with E-state index in [1.54, 1.807) is 0 Å². The molecule has 2 aliphatic rings. The summed E-state index contributed by atoms with van der Waals surface area (Å²) >= 11 is 0. The Morgan fingerprint density at radius 2 is 1.45 bits per heavy atom. The second kappa shape index (κ2) is 7.80. The van der Waals surface area contributed by atoms with Gasteiger partial charge in [-0.05, 0) is 62.7 Å². The number of halogens is 1. The third-order valence-electron chi connectivity index (χ3n) is 6.29. The minimum absolute atomic E-state index is 0.799. The quantitative estimate of drug-likeness (QED) is 0.476. The molecule has 0 saturated heterocycles. The van der Waals surface area contributed by atoms with Gasteiger partial charge in [0.1, 0.15) is 5.67 Å². The van der Waals surface area contributed by atoms with Crippen molar-refractivity contribution in [3.8, 4) is 0 Å². The van der Waals surface area contributed by atoms with Gasteiger partial charge in [0.15, 0.2) is 0 Å². The lowest BCUT2D eigenvalue weighted by Gasteiger charge is -2.40. The highest BCUT2D eigenvalue weighted by Gasteiger charge is 2.37. The van der Waals surface area contributed by atoms with E-state index in [1.165, 1.54) is 57.8 Å². The smallest absolute Gasteiger partial charge is 0.111 e. The van der Waals surface area contributed by atoms with E-state index in [4.69, 9.17) is 0 Å². The predicted octanol–water partition coefficient (Wildman–Crippen LogP) is 6.68. The van der Waals surface area contributed by atoms with Crippen molar-refractivity contribution in [1.82, 2.24) is 0 Å². The number of hydrogen-bond acceptors (Lipinski definition) is 0. The number of rotatable bonds is 6. The molecule has 2 saturated carbocycles. The van der Waals surface area contributed by atoms with E-state index in [-0.39, 0.29) is 0 Å². The maximum absolute atomic E-state index is 14.8. The Balaban J connectivity index is 1.71. The van der Waals surface area contributed by atoms with Crippen LogP contribution in [0.2, 0.25) is 0 Å². The van der Waals surface area contributed by atoms with Crippen LogP contribution in [0, 0.1) is 17.8 Å². The summed E-state index contributed by atoms with van der Waals surface area (Å²) in [5, 5.41) is 0. The molecule has 0 aromatic carbocycles.